The summed E-state index contributed by atoms with van der Waals surface area (Å²) in [5.74, 6) is 0.924. The van der Waals surface area contributed by atoms with Gasteiger partial charge in [-0.15, -0.1) is 0 Å². The van der Waals surface area contributed by atoms with Crippen LogP contribution in [0.5, 0.6) is 0 Å². The van der Waals surface area contributed by atoms with E-state index in [0.717, 1.165) is 29.3 Å². The Labute approximate surface area is 131 Å². The van der Waals surface area contributed by atoms with E-state index < -0.39 is 0 Å². The fourth-order valence-corrected chi connectivity index (χ4v) is 2.96. The van der Waals surface area contributed by atoms with Gasteiger partial charge in [-0.2, -0.15) is 21.0 Å². The quantitative estimate of drug-likeness (QED) is 0.627. The fraction of sp³-hybridized carbons (Fsp3) is 0.0625. The zero-order valence-electron chi connectivity index (χ0n) is 11.7. The molecule has 0 aromatic carbocycles. The monoisotopic (exact) mass is 307 g/mol. The lowest BCUT2D eigenvalue weighted by Gasteiger charge is -2.10. The van der Waals surface area contributed by atoms with Crippen LogP contribution in [-0.4, -0.2) is 19.6 Å². The first-order valence-electron chi connectivity index (χ1n) is 6.90. The summed E-state index contributed by atoms with van der Waals surface area (Å²) in [6, 6.07) is 9.95. The van der Waals surface area contributed by atoms with Crippen LogP contribution >= 0.6 is 11.3 Å². The lowest BCUT2D eigenvalue weighted by molar-refractivity contribution is 0.927. The molecular weight excluding hydrogens is 294 g/mol. The first kappa shape index (κ1) is 13.0. The lowest BCUT2D eigenvalue weighted by Crippen LogP contribution is -2.06. The second-order valence-corrected chi connectivity index (χ2v) is 5.63. The van der Waals surface area contributed by atoms with E-state index in [2.05, 4.69) is 37.2 Å². The summed E-state index contributed by atoms with van der Waals surface area (Å²) in [6.07, 6.45) is 5.31. The molecule has 4 aromatic heterocycles. The Kier molecular flexibility index (Phi) is 3.29. The van der Waals surface area contributed by atoms with Crippen molar-refractivity contribution in [3.8, 4) is 11.3 Å². The normalized spacial score (nSPS) is 10.9. The Morgan fingerprint density at radius 3 is 2.82 bits per heavy atom. The lowest BCUT2D eigenvalue weighted by atomic mass is 10.2. The molecular formula is C16H13N5S. The van der Waals surface area contributed by atoms with Gasteiger partial charge in [-0.05, 0) is 34.5 Å². The number of hydrogen-bond donors (Lipinski definition) is 1. The van der Waals surface area contributed by atoms with Crippen molar-refractivity contribution in [1.29, 1.82) is 0 Å². The molecule has 0 aliphatic carbocycles. The van der Waals surface area contributed by atoms with E-state index in [0.29, 0.717) is 0 Å². The van der Waals surface area contributed by atoms with Crippen LogP contribution in [0, 0.1) is 0 Å². The van der Waals surface area contributed by atoms with Crippen LogP contribution in [0.4, 0.5) is 5.82 Å². The molecule has 0 saturated carbocycles. The van der Waals surface area contributed by atoms with Crippen molar-refractivity contribution in [3.05, 3.63) is 65.2 Å². The fourth-order valence-electron chi connectivity index (χ4n) is 2.30. The summed E-state index contributed by atoms with van der Waals surface area (Å²) in [5.41, 5.74) is 4.02. The molecule has 4 aromatic rings. The third-order valence-corrected chi connectivity index (χ3v) is 4.12. The molecule has 108 valence electrons. The average Bonchev–Trinajstić information content (AvgIpc) is 3.24. The second kappa shape index (κ2) is 5.57. The molecule has 0 aliphatic rings. The molecule has 4 rings (SSSR count). The predicted molar refractivity (Wildman–Crippen MR) is 87.9 cm³/mol. The van der Waals surface area contributed by atoms with Crippen LogP contribution < -0.4 is 5.32 Å². The van der Waals surface area contributed by atoms with Crippen molar-refractivity contribution in [2.24, 2.45) is 0 Å². The SMILES string of the molecule is c1cc(-c2cc(NCc3ccsc3)n3nccc3n2)ccn1. The minimum absolute atomic E-state index is 0.762. The molecule has 5 nitrogen and oxygen atoms in total. The molecule has 0 saturated heterocycles. The number of fused-ring (bicyclic) bond motifs is 1. The van der Waals surface area contributed by atoms with E-state index in [1.807, 2.05) is 28.8 Å². The number of aromatic nitrogens is 4. The number of nitrogens with zero attached hydrogens (tertiary/aromatic N) is 4. The van der Waals surface area contributed by atoms with Crippen molar-refractivity contribution in [2.75, 3.05) is 5.32 Å². The van der Waals surface area contributed by atoms with Gasteiger partial charge in [0.2, 0.25) is 0 Å². The summed E-state index contributed by atoms with van der Waals surface area (Å²) >= 11 is 1.70. The molecule has 4 heterocycles. The molecule has 0 fully saturated rings. The van der Waals surface area contributed by atoms with Crippen molar-refractivity contribution < 1.29 is 0 Å². The van der Waals surface area contributed by atoms with Gasteiger partial charge >= 0.3 is 0 Å². The van der Waals surface area contributed by atoms with Gasteiger partial charge in [-0.3, -0.25) is 4.98 Å². The third-order valence-electron chi connectivity index (χ3n) is 3.39. The molecule has 0 aliphatic heterocycles. The number of rotatable bonds is 4. The molecule has 1 N–H and O–H groups in total. The number of pyridine rings is 1. The van der Waals surface area contributed by atoms with Crippen LogP contribution in [0.25, 0.3) is 16.9 Å². The minimum Gasteiger partial charge on any atom is -0.366 e. The first-order valence-corrected chi connectivity index (χ1v) is 7.84. The van der Waals surface area contributed by atoms with Gasteiger partial charge in [0.25, 0.3) is 0 Å². The highest BCUT2D eigenvalue weighted by atomic mass is 32.1. The average molecular weight is 307 g/mol. The van der Waals surface area contributed by atoms with Crippen LogP contribution in [0.15, 0.2) is 59.7 Å². The molecule has 0 radical (unpaired) electrons. The van der Waals surface area contributed by atoms with Crippen molar-refractivity contribution >= 4 is 22.8 Å². The number of nitrogens with one attached hydrogen (secondary N) is 1. The van der Waals surface area contributed by atoms with E-state index in [1.54, 1.807) is 29.9 Å². The predicted octanol–water partition coefficient (Wildman–Crippen LogP) is 3.46. The van der Waals surface area contributed by atoms with Crippen molar-refractivity contribution in [3.63, 3.8) is 0 Å². The number of thiophene rings is 1. The van der Waals surface area contributed by atoms with Gasteiger partial charge in [0.15, 0.2) is 5.65 Å². The van der Waals surface area contributed by atoms with Crippen LogP contribution in [0.3, 0.4) is 0 Å². The Bertz CT molecular complexity index is 883. The van der Waals surface area contributed by atoms with Gasteiger partial charge in [0.05, 0.1) is 11.9 Å². The minimum atomic E-state index is 0.762. The van der Waals surface area contributed by atoms with Crippen LogP contribution in [0.2, 0.25) is 0 Å². The summed E-state index contributed by atoms with van der Waals surface area (Å²) < 4.78 is 1.82. The summed E-state index contributed by atoms with van der Waals surface area (Å²) in [4.78, 5) is 8.70. The van der Waals surface area contributed by atoms with Gasteiger partial charge in [0.1, 0.15) is 5.82 Å². The van der Waals surface area contributed by atoms with E-state index in [9.17, 15) is 0 Å². The van der Waals surface area contributed by atoms with E-state index >= 15 is 0 Å². The summed E-state index contributed by atoms with van der Waals surface area (Å²) in [6.45, 7) is 0.762. The standard InChI is InChI=1S/C16H13N5S/c1-5-17-6-2-13(1)14-9-16(18-10-12-4-8-22-11-12)21-15(20-14)3-7-19-21/h1-9,11,18H,10H2. The Morgan fingerprint density at radius 1 is 1.09 bits per heavy atom. The molecule has 0 atom stereocenters. The van der Waals surface area contributed by atoms with Crippen molar-refractivity contribution in [2.45, 2.75) is 6.54 Å². The maximum absolute atomic E-state index is 4.65. The second-order valence-electron chi connectivity index (χ2n) is 4.85. The number of hydrogen-bond acceptors (Lipinski definition) is 5. The molecule has 22 heavy (non-hydrogen) atoms. The van der Waals surface area contributed by atoms with E-state index in [-0.39, 0.29) is 0 Å². The molecule has 6 heteroatoms. The number of anilines is 1. The van der Waals surface area contributed by atoms with E-state index in [1.165, 1.54) is 5.56 Å². The van der Waals surface area contributed by atoms with Gasteiger partial charge in [-0.25, -0.2) is 4.98 Å². The zero-order valence-corrected chi connectivity index (χ0v) is 12.5. The molecule has 0 spiro atoms. The first-order chi connectivity index (χ1) is 10.9. The molecule has 0 amide bonds. The topological polar surface area (TPSA) is 55.1 Å². The maximum Gasteiger partial charge on any atom is 0.157 e. The maximum atomic E-state index is 4.65. The smallest absolute Gasteiger partial charge is 0.157 e. The molecule has 0 bridgehead atoms. The zero-order chi connectivity index (χ0) is 14.8. The van der Waals surface area contributed by atoms with Gasteiger partial charge in [-0.1, -0.05) is 0 Å². The highest BCUT2D eigenvalue weighted by Gasteiger charge is 2.08. The van der Waals surface area contributed by atoms with Crippen molar-refractivity contribution in [1.82, 2.24) is 19.6 Å². The largest absolute Gasteiger partial charge is 0.366 e. The van der Waals surface area contributed by atoms with E-state index in [4.69, 9.17) is 0 Å². The van der Waals surface area contributed by atoms with Gasteiger partial charge < -0.3 is 5.32 Å². The molecule has 0 unspecified atom stereocenters. The third kappa shape index (κ3) is 2.44. The Balaban J connectivity index is 1.74. The Morgan fingerprint density at radius 2 is 2.00 bits per heavy atom. The summed E-state index contributed by atoms with van der Waals surface area (Å²) in [5, 5.41) is 12.0. The van der Waals surface area contributed by atoms with Crippen LogP contribution in [-0.2, 0) is 6.54 Å². The highest BCUT2D eigenvalue weighted by Crippen LogP contribution is 2.22. The van der Waals surface area contributed by atoms with Gasteiger partial charge in [0, 0.05) is 36.6 Å². The Hall–Kier alpha value is -2.73. The summed E-state index contributed by atoms with van der Waals surface area (Å²) in [7, 11) is 0. The van der Waals surface area contributed by atoms with Crippen LogP contribution in [0.1, 0.15) is 5.56 Å². The highest BCUT2D eigenvalue weighted by molar-refractivity contribution is 7.07.